The van der Waals surface area contributed by atoms with Crippen LogP contribution < -0.4 is 4.90 Å². The zero-order chi connectivity index (χ0) is 15.5. The number of allylic oxidation sites excluding steroid dienone is 2. The molecule has 0 unspecified atom stereocenters. The number of carbonyl (C=O) groups excluding carboxylic acids is 1. The molecular formula is C16H10FNO2S2. The summed E-state index contributed by atoms with van der Waals surface area (Å²) in [7, 11) is 0. The molecule has 2 heterocycles. The minimum atomic E-state index is -0.355. The molecule has 0 bridgehead atoms. The normalized spacial score (nSPS) is 17.1. The standard InChI is InChI=1S/C16H10FNO2S2/c17-11-6-8-12(9-7-11)18-15(19)14(22-16(18)21)5-1-3-13-4-2-10-20-13/h1-10H. The third-order valence-corrected chi connectivity index (χ3v) is 4.25. The average Bonchev–Trinajstić information content (AvgIpc) is 3.10. The van der Waals surface area contributed by atoms with E-state index in [4.69, 9.17) is 16.6 Å². The van der Waals surface area contributed by atoms with Gasteiger partial charge in [0.25, 0.3) is 5.91 Å². The first kappa shape index (κ1) is 14.7. The van der Waals surface area contributed by atoms with Gasteiger partial charge < -0.3 is 4.42 Å². The molecule has 0 spiro atoms. The molecule has 1 aromatic heterocycles. The summed E-state index contributed by atoms with van der Waals surface area (Å²) in [4.78, 5) is 14.3. The molecule has 0 atom stereocenters. The smallest absolute Gasteiger partial charge is 0.270 e. The number of nitrogens with zero attached hydrogens (tertiary/aromatic N) is 1. The molecule has 1 aliphatic heterocycles. The maximum Gasteiger partial charge on any atom is 0.270 e. The van der Waals surface area contributed by atoms with E-state index in [0.29, 0.717) is 20.7 Å². The summed E-state index contributed by atoms with van der Waals surface area (Å²) < 4.78 is 18.6. The fraction of sp³-hybridized carbons (Fsp3) is 0. The lowest BCUT2D eigenvalue weighted by Gasteiger charge is -2.13. The van der Waals surface area contributed by atoms with E-state index in [0.717, 1.165) is 0 Å². The third-order valence-electron chi connectivity index (χ3n) is 2.93. The number of amides is 1. The lowest BCUT2D eigenvalue weighted by atomic mass is 10.3. The number of thioether (sulfide) groups is 1. The van der Waals surface area contributed by atoms with Crippen molar-refractivity contribution >= 4 is 46.0 Å². The largest absolute Gasteiger partial charge is 0.465 e. The summed E-state index contributed by atoms with van der Waals surface area (Å²) in [5.41, 5.74) is 0.558. The molecule has 1 aromatic carbocycles. The van der Waals surface area contributed by atoms with Crippen LogP contribution in [0.2, 0.25) is 0 Å². The molecule has 0 aliphatic carbocycles. The molecule has 3 nitrogen and oxygen atoms in total. The average molecular weight is 331 g/mol. The van der Waals surface area contributed by atoms with Crippen molar-refractivity contribution in [3.8, 4) is 0 Å². The number of rotatable bonds is 3. The first-order valence-corrected chi connectivity index (χ1v) is 7.61. The quantitative estimate of drug-likeness (QED) is 0.617. The van der Waals surface area contributed by atoms with Crippen molar-refractivity contribution in [2.75, 3.05) is 4.90 Å². The molecule has 1 aliphatic rings. The second-order valence-corrected chi connectivity index (χ2v) is 6.07. The van der Waals surface area contributed by atoms with E-state index in [1.54, 1.807) is 30.6 Å². The lowest BCUT2D eigenvalue weighted by molar-refractivity contribution is -0.113. The summed E-state index contributed by atoms with van der Waals surface area (Å²) in [6, 6.07) is 9.26. The van der Waals surface area contributed by atoms with Gasteiger partial charge in [0.05, 0.1) is 16.9 Å². The lowest BCUT2D eigenvalue weighted by Crippen LogP contribution is -2.27. The molecule has 2 aromatic rings. The first-order chi connectivity index (χ1) is 10.6. The number of carbonyl (C=O) groups is 1. The number of anilines is 1. The molecule has 6 heteroatoms. The van der Waals surface area contributed by atoms with Gasteiger partial charge in [-0.3, -0.25) is 9.69 Å². The van der Waals surface area contributed by atoms with Crippen LogP contribution in [0.1, 0.15) is 5.76 Å². The summed E-state index contributed by atoms with van der Waals surface area (Å²) in [5.74, 6) is 0.127. The highest BCUT2D eigenvalue weighted by Crippen LogP contribution is 2.34. The van der Waals surface area contributed by atoms with Crippen molar-refractivity contribution in [2.45, 2.75) is 0 Å². The highest BCUT2D eigenvalue weighted by atomic mass is 32.2. The molecule has 1 fully saturated rings. The first-order valence-electron chi connectivity index (χ1n) is 6.39. The van der Waals surface area contributed by atoms with E-state index in [2.05, 4.69) is 0 Å². The minimum Gasteiger partial charge on any atom is -0.465 e. The fourth-order valence-corrected chi connectivity index (χ4v) is 3.16. The van der Waals surface area contributed by atoms with Crippen LogP contribution in [-0.4, -0.2) is 10.2 Å². The Balaban J connectivity index is 1.80. The van der Waals surface area contributed by atoms with Crippen LogP contribution in [0, 0.1) is 5.82 Å². The number of benzene rings is 1. The van der Waals surface area contributed by atoms with Gasteiger partial charge in [-0.2, -0.15) is 0 Å². The number of halogens is 1. The number of thiocarbonyl (C=S) groups is 1. The molecule has 22 heavy (non-hydrogen) atoms. The SMILES string of the molecule is O=C1C(=CC=Cc2ccco2)SC(=S)N1c1ccc(F)cc1. The molecular weight excluding hydrogens is 321 g/mol. The molecule has 3 rings (SSSR count). The second-order valence-electron chi connectivity index (χ2n) is 4.39. The topological polar surface area (TPSA) is 33.5 Å². The van der Waals surface area contributed by atoms with Crippen molar-refractivity contribution in [3.63, 3.8) is 0 Å². The molecule has 110 valence electrons. The Morgan fingerprint density at radius 1 is 1.23 bits per heavy atom. The maximum absolute atomic E-state index is 13.0. The predicted octanol–water partition coefficient (Wildman–Crippen LogP) is 4.38. The van der Waals surface area contributed by atoms with Crippen LogP contribution in [0.25, 0.3) is 6.08 Å². The van der Waals surface area contributed by atoms with Crippen LogP contribution in [-0.2, 0) is 4.79 Å². The van der Waals surface area contributed by atoms with Gasteiger partial charge in [0.1, 0.15) is 11.6 Å². The van der Waals surface area contributed by atoms with E-state index in [1.807, 2.05) is 6.07 Å². The van der Waals surface area contributed by atoms with Crippen molar-refractivity contribution in [3.05, 3.63) is 71.3 Å². The molecule has 0 N–H and O–H groups in total. The molecule has 0 saturated carbocycles. The molecule has 1 saturated heterocycles. The van der Waals surface area contributed by atoms with E-state index in [9.17, 15) is 9.18 Å². The monoisotopic (exact) mass is 331 g/mol. The number of hydrogen-bond donors (Lipinski definition) is 0. The van der Waals surface area contributed by atoms with Crippen LogP contribution in [0.15, 0.2) is 64.1 Å². The summed E-state index contributed by atoms with van der Waals surface area (Å²) in [6.45, 7) is 0. The zero-order valence-corrected chi connectivity index (χ0v) is 12.9. The van der Waals surface area contributed by atoms with Gasteiger partial charge in [-0.15, -0.1) is 0 Å². The van der Waals surface area contributed by atoms with Crippen molar-refractivity contribution in [2.24, 2.45) is 0 Å². The minimum absolute atomic E-state index is 0.217. The summed E-state index contributed by atoms with van der Waals surface area (Å²) in [5, 5.41) is 0. The van der Waals surface area contributed by atoms with Gasteiger partial charge in [0.2, 0.25) is 0 Å². The van der Waals surface area contributed by atoms with Gasteiger partial charge in [0.15, 0.2) is 4.32 Å². The van der Waals surface area contributed by atoms with Gasteiger partial charge in [-0.1, -0.05) is 30.1 Å². The van der Waals surface area contributed by atoms with Gasteiger partial charge in [-0.25, -0.2) is 4.39 Å². The van der Waals surface area contributed by atoms with E-state index in [1.165, 1.54) is 40.9 Å². The Hall–Kier alpha value is -2.18. The van der Waals surface area contributed by atoms with Crippen LogP contribution in [0.4, 0.5) is 10.1 Å². The van der Waals surface area contributed by atoms with Gasteiger partial charge in [-0.05, 0) is 48.6 Å². The van der Waals surface area contributed by atoms with Gasteiger partial charge in [0, 0.05) is 0 Å². The molecule has 0 radical (unpaired) electrons. The zero-order valence-electron chi connectivity index (χ0n) is 11.2. The van der Waals surface area contributed by atoms with E-state index in [-0.39, 0.29) is 11.7 Å². The number of furan rings is 1. The van der Waals surface area contributed by atoms with Crippen molar-refractivity contribution in [1.82, 2.24) is 0 Å². The third kappa shape index (κ3) is 3.03. The van der Waals surface area contributed by atoms with E-state index >= 15 is 0 Å². The molecule has 1 amide bonds. The Labute approximate surface area is 136 Å². The summed E-state index contributed by atoms with van der Waals surface area (Å²) in [6.07, 6.45) is 6.75. The van der Waals surface area contributed by atoms with Crippen LogP contribution in [0.3, 0.4) is 0 Å². The van der Waals surface area contributed by atoms with Crippen molar-refractivity contribution in [1.29, 1.82) is 0 Å². The Kier molecular flexibility index (Phi) is 4.22. The fourth-order valence-electron chi connectivity index (χ4n) is 1.91. The van der Waals surface area contributed by atoms with Crippen molar-refractivity contribution < 1.29 is 13.6 Å². The maximum atomic E-state index is 13.0. The van der Waals surface area contributed by atoms with Crippen LogP contribution in [0.5, 0.6) is 0 Å². The van der Waals surface area contributed by atoms with Crippen LogP contribution >= 0.6 is 24.0 Å². The van der Waals surface area contributed by atoms with Gasteiger partial charge >= 0.3 is 0 Å². The highest BCUT2D eigenvalue weighted by Gasteiger charge is 2.32. The predicted molar refractivity (Wildman–Crippen MR) is 89.9 cm³/mol. The Morgan fingerprint density at radius 3 is 2.68 bits per heavy atom. The highest BCUT2D eigenvalue weighted by molar-refractivity contribution is 8.27. The Morgan fingerprint density at radius 2 is 2.00 bits per heavy atom. The number of hydrogen-bond acceptors (Lipinski definition) is 4. The Bertz CT molecular complexity index is 764. The summed E-state index contributed by atoms with van der Waals surface area (Å²) >= 11 is 6.44. The van der Waals surface area contributed by atoms with E-state index < -0.39 is 0 Å². The second kappa shape index (κ2) is 6.29.